The fourth-order valence-electron chi connectivity index (χ4n) is 9.14. The number of rotatable bonds is 12. The number of fused-ring (bicyclic) bond motifs is 8. The average Bonchev–Trinajstić information content (AvgIpc) is 3.58. The van der Waals surface area contributed by atoms with E-state index in [1.165, 1.54) is 0 Å². The zero-order valence-electron chi connectivity index (χ0n) is 32.4. The summed E-state index contributed by atoms with van der Waals surface area (Å²) in [6, 6.07) is 29.5. The Kier molecular flexibility index (Phi) is 10.9. The van der Waals surface area contributed by atoms with Gasteiger partial charge in [-0.25, -0.2) is 0 Å². The third-order valence-corrected chi connectivity index (χ3v) is 11.9. The second-order valence-corrected chi connectivity index (χ2v) is 15.3. The number of unbranched alkanes of at least 4 members (excludes halogenated alkanes) is 1. The molecule has 0 aromatic heterocycles. The molecule has 2 aliphatic heterocycles. The summed E-state index contributed by atoms with van der Waals surface area (Å²) in [6.45, 7) is 2.86. The molecule has 3 atom stereocenters. The Bertz CT molecular complexity index is 2280. The molecular weight excluding hydrogens is 757 g/mol. The predicted octanol–water partition coefficient (Wildman–Crippen LogP) is 12.2. The van der Waals surface area contributed by atoms with Crippen molar-refractivity contribution in [2.75, 3.05) is 45.4 Å². The molecule has 11 heteroatoms. The lowest BCUT2D eigenvalue weighted by Gasteiger charge is -2.38. The fraction of sp³-hybridized carbons (Fsp3) is 0.362. The molecule has 0 N–H and O–H groups in total. The quantitative estimate of drug-likeness (QED) is 0.0928. The predicted molar refractivity (Wildman–Crippen MR) is 214 cm³/mol. The molecule has 3 aliphatic rings. The highest BCUT2D eigenvalue weighted by Gasteiger charge is 2.44. The molecule has 304 valence electrons. The van der Waals surface area contributed by atoms with Crippen LogP contribution in [-0.2, 0) is 10.3 Å². The Balaban J connectivity index is 1.32. The molecule has 58 heavy (non-hydrogen) atoms. The van der Waals surface area contributed by atoms with Crippen LogP contribution in [0.3, 0.4) is 0 Å². The molecule has 3 unspecified atom stereocenters. The largest absolute Gasteiger partial charge is 0.497 e. The van der Waals surface area contributed by atoms with E-state index < -0.39 is 42.6 Å². The number of anilines is 1. The lowest BCUT2D eigenvalue weighted by Crippen LogP contribution is -2.37. The summed E-state index contributed by atoms with van der Waals surface area (Å²) < 4.78 is 106. The van der Waals surface area contributed by atoms with Crippen LogP contribution in [0.4, 0.5) is 32.0 Å². The maximum atomic E-state index is 14.0. The van der Waals surface area contributed by atoms with Gasteiger partial charge in [0.25, 0.3) is 0 Å². The maximum Gasteiger partial charge on any atom is 0.389 e. The van der Waals surface area contributed by atoms with E-state index in [9.17, 15) is 26.3 Å². The highest BCUT2D eigenvalue weighted by molar-refractivity contribution is 6.08. The zero-order chi connectivity index (χ0) is 40.7. The van der Waals surface area contributed by atoms with Crippen LogP contribution in [0, 0.1) is 5.92 Å². The van der Waals surface area contributed by atoms with Crippen LogP contribution in [-0.4, -0.2) is 52.9 Å². The first-order valence-electron chi connectivity index (χ1n) is 19.8. The second-order valence-electron chi connectivity index (χ2n) is 15.3. The minimum absolute atomic E-state index is 0.149. The van der Waals surface area contributed by atoms with Crippen molar-refractivity contribution in [3.8, 4) is 28.4 Å². The molecule has 1 saturated heterocycles. The Labute approximate surface area is 334 Å². The number of hydrogen-bond donors (Lipinski definition) is 0. The van der Waals surface area contributed by atoms with Crippen LogP contribution in [0.1, 0.15) is 72.3 Å². The van der Waals surface area contributed by atoms with Crippen molar-refractivity contribution in [2.24, 2.45) is 5.92 Å². The van der Waals surface area contributed by atoms with Gasteiger partial charge < -0.3 is 23.8 Å². The molecule has 1 aliphatic carbocycles. The molecular formula is C47H45F6NO4. The van der Waals surface area contributed by atoms with Gasteiger partial charge in [0.05, 0.1) is 27.4 Å². The van der Waals surface area contributed by atoms with Crippen LogP contribution < -0.4 is 19.1 Å². The van der Waals surface area contributed by atoms with E-state index in [-0.39, 0.29) is 25.7 Å². The number of halogens is 6. The molecule has 1 fully saturated rings. The van der Waals surface area contributed by atoms with Gasteiger partial charge in [0, 0.05) is 59.6 Å². The van der Waals surface area contributed by atoms with Crippen LogP contribution in [0.15, 0.2) is 97.1 Å². The molecule has 2 heterocycles. The van der Waals surface area contributed by atoms with Gasteiger partial charge >= 0.3 is 12.4 Å². The molecule has 5 nitrogen and oxygen atoms in total. The summed E-state index contributed by atoms with van der Waals surface area (Å²) in [7, 11) is 3.20. The van der Waals surface area contributed by atoms with Crippen LogP contribution in [0.5, 0.6) is 17.2 Å². The molecule has 8 rings (SSSR count). The van der Waals surface area contributed by atoms with Gasteiger partial charge in [-0.05, 0) is 101 Å². The summed E-state index contributed by atoms with van der Waals surface area (Å²) in [4.78, 5) is 2.28. The summed E-state index contributed by atoms with van der Waals surface area (Å²) >= 11 is 0. The van der Waals surface area contributed by atoms with Gasteiger partial charge in [-0.2, -0.15) is 26.3 Å². The fourth-order valence-corrected chi connectivity index (χ4v) is 9.14. The molecule has 0 spiro atoms. The number of morpholine rings is 1. The second kappa shape index (κ2) is 15.9. The smallest absolute Gasteiger partial charge is 0.389 e. The van der Waals surface area contributed by atoms with Gasteiger partial charge in [0.2, 0.25) is 0 Å². The van der Waals surface area contributed by atoms with E-state index in [4.69, 9.17) is 18.9 Å². The molecule has 5 aromatic carbocycles. The number of ether oxygens (including phenoxy) is 4. The zero-order valence-corrected chi connectivity index (χ0v) is 32.4. The average molecular weight is 802 g/mol. The van der Waals surface area contributed by atoms with Crippen molar-refractivity contribution in [1.29, 1.82) is 0 Å². The molecule has 5 aromatic rings. The van der Waals surface area contributed by atoms with Crippen molar-refractivity contribution in [3.05, 3.63) is 125 Å². The van der Waals surface area contributed by atoms with E-state index in [2.05, 4.69) is 29.2 Å². The number of benzene rings is 5. The van der Waals surface area contributed by atoms with Crippen LogP contribution in [0.25, 0.3) is 28.0 Å². The summed E-state index contributed by atoms with van der Waals surface area (Å²) in [6.07, 6.45) is -6.76. The van der Waals surface area contributed by atoms with Crippen LogP contribution in [0.2, 0.25) is 0 Å². The first-order chi connectivity index (χ1) is 27.9. The Morgan fingerprint density at radius 1 is 0.741 bits per heavy atom. The summed E-state index contributed by atoms with van der Waals surface area (Å²) in [5, 5.41) is 1.62. The number of alkyl halides is 6. The van der Waals surface area contributed by atoms with Gasteiger partial charge in [-0.1, -0.05) is 61.0 Å². The highest BCUT2D eigenvalue weighted by atomic mass is 19.4. The van der Waals surface area contributed by atoms with Crippen molar-refractivity contribution in [1.82, 2.24) is 0 Å². The first-order valence-corrected chi connectivity index (χ1v) is 19.8. The lowest BCUT2D eigenvalue weighted by molar-refractivity contribution is -0.138. The van der Waals surface area contributed by atoms with Crippen molar-refractivity contribution in [3.63, 3.8) is 0 Å². The minimum Gasteiger partial charge on any atom is -0.497 e. The molecule has 0 amide bonds. The van der Waals surface area contributed by atoms with E-state index in [1.54, 1.807) is 14.2 Å². The van der Waals surface area contributed by atoms with Crippen LogP contribution >= 0.6 is 0 Å². The number of hydrogen-bond acceptors (Lipinski definition) is 5. The standard InChI is InChI=1S/C47H45F6NO4/c1-55-34-16-12-32(13-17-34)45(31-10-14-33(15-11-31)54-25-27-57-28-26-54)23-21-39-43-41(30(20-24-47(51,52)53)7-5-6-22-46(48,49)50)36-8-3-4-9-37(36)42(43)38-19-18-35(56-2)29-40(38)44(39)58-45/h3-4,8-19,21,23,29-30,41H,5-7,20,22,24-28H2,1-2H3. The number of nitrogens with zero attached hydrogens (tertiary/aromatic N) is 1. The topological polar surface area (TPSA) is 40.2 Å². The Hall–Kier alpha value is -5.16. The maximum absolute atomic E-state index is 14.0. The third kappa shape index (κ3) is 7.73. The number of methoxy groups -OCH3 is 2. The van der Waals surface area contributed by atoms with Gasteiger partial charge in [-0.3, -0.25) is 0 Å². The molecule has 0 saturated carbocycles. The molecule has 0 radical (unpaired) electrons. The van der Waals surface area contributed by atoms with E-state index >= 15 is 0 Å². The summed E-state index contributed by atoms with van der Waals surface area (Å²) in [5.41, 5.74) is 5.84. The van der Waals surface area contributed by atoms with Crippen molar-refractivity contribution in [2.45, 2.75) is 62.4 Å². The first kappa shape index (κ1) is 39.7. The van der Waals surface area contributed by atoms with Gasteiger partial charge in [-0.15, -0.1) is 0 Å². The Morgan fingerprint density at radius 2 is 1.40 bits per heavy atom. The Morgan fingerprint density at radius 3 is 2.07 bits per heavy atom. The van der Waals surface area contributed by atoms with E-state index in [0.29, 0.717) is 30.5 Å². The van der Waals surface area contributed by atoms with E-state index in [0.717, 1.165) is 68.5 Å². The monoisotopic (exact) mass is 801 g/mol. The minimum atomic E-state index is -4.43. The van der Waals surface area contributed by atoms with Crippen molar-refractivity contribution >= 4 is 22.5 Å². The van der Waals surface area contributed by atoms with Gasteiger partial charge in [0.1, 0.15) is 17.2 Å². The van der Waals surface area contributed by atoms with Gasteiger partial charge in [0.15, 0.2) is 5.60 Å². The normalized spacial score (nSPS) is 19.3. The highest BCUT2D eigenvalue weighted by Crippen LogP contribution is 2.59. The summed E-state index contributed by atoms with van der Waals surface area (Å²) in [5.74, 6) is 0.720. The molecule has 0 bridgehead atoms. The van der Waals surface area contributed by atoms with E-state index in [1.807, 2.05) is 78.9 Å². The lowest BCUT2D eigenvalue weighted by atomic mass is 9.75. The SMILES string of the molecule is COc1ccc(C2(c3ccc(N4CCOCC4)cc3)C=Cc3c4c(c5ccc(OC)cc5c3O2)-c2ccccc2C4C(CCCCC(F)(F)F)CCC(F)(F)F)cc1. The van der Waals surface area contributed by atoms with Crippen molar-refractivity contribution < 1.29 is 45.3 Å². The third-order valence-electron chi connectivity index (χ3n) is 11.9.